The summed E-state index contributed by atoms with van der Waals surface area (Å²) < 4.78 is 86.5. The molecule has 1 saturated heterocycles. The van der Waals surface area contributed by atoms with Gasteiger partial charge in [-0.05, 0) is 17.7 Å². The maximum Gasteiger partial charge on any atom is 0.573 e. The van der Waals surface area contributed by atoms with Gasteiger partial charge in [-0.1, -0.05) is 0 Å². The Morgan fingerprint density at radius 1 is 0.931 bits per heavy atom. The van der Waals surface area contributed by atoms with Crippen molar-refractivity contribution in [2.75, 3.05) is 32.7 Å². The summed E-state index contributed by atoms with van der Waals surface area (Å²) >= 11 is 0. The number of amides is 1. The van der Waals surface area contributed by atoms with E-state index in [0.29, 0.717) is 19.2 Å². The van der Waals surface area contributed by atoms with Crippen LogP contribution in [0.1, 0.15) is 5.56 Å². The van der Waals surface area contributed by atoms with Crippen molar-refractivity contribution >= 4 is 12.4 Å². The highest BCUT2D eigenvalue weighted by molar-refractivity contribution is 5.67. The summed E-state index contributed by atoms with van der Waals surface area (Å²) in [6.45, 7) is 0.977. The summed E-state index contributed by atoms with van der Waals surface area (Å²) in [7, 11) is 0. The molecule has 0 N–H and O–H groups in total. The van der Waals surface area contributed by atoms with Crippen LogP contribution >= 0.6 is 0 Å². The number of hydrogen-bond acceptors (Lipinski definition) is 6. The number of carbonyl (C=O) groups is 2. The van der Waals surface area contributed by atoms with E-state index in [9.17, 15) is 35.9 Å². The molecule has 2 rings (SSSR count). The Bertz CT molecular complexity index is 682. The third-order valence-electron chi connectivity index (χ3n) is 3.73. The quantitative estimate of drug-likeness (QED) is 0.511. The molecule has 0 aromatic heterocycles. The van der Waals surface area contributed by atoms with Gasteiger partial charge in [0.1, 0.15) is 24.4 Å². The first-order valence-electron chi connectivity index (χ1n) is 8.18. The number of alkyl halides is 6. The van der Waals surface area contributed by atoms with Gasteiger partial charge in [-0.25, -0.2) is 4.79 Å². The van der Waals surface area contributed by atoms with Crippen LogP contribution in [0.25, 0.3) is 0 Å². The molecule has 1 aromatic carbocycles. The minimum atomic E-state index is -5.13. The highest BCUT2D eigenvalue weighted by atomic mass is 19.4. The van der Waals surface area contributed by atoms with Gasteiger partial charge in [0.2, 0.25) is 0 Å². The average Bonchev–Trinajstić information content (AvgIpc) is 2.57. The molecule has 0 saturated carbocycles. The molecular weight excluding hydrogens is 414 g/mol. The minimum Gasteiger partial charge on any atom is -0.445 e. The van der Waals surface area contributed by atoms with Gasteiger partial charge in [0, 0.05) is 32.2 Å². The van der Waals surface area contributed by atoms with E-state index in [1.165, 1.54) is 4.90 Å². The van der Waals surface area contributed by atoms with Crippen LogP contribution in [0.4, 0.5) is 31.1 Å². The van der Waals surface area contributed by atoms with Gasteiger partial charge in [0.05, 0.1) is 6.54 Å². The lowest BCUT2D eigenvalue weighted by atomic mass is 10.2. The molecule has 0 spiro atoms. The number of rotatable bonds is 6. The number of nitrogens with zero attached hydrogens (tertiary/aromatic N) is 2. The number of benzene rings is 1. The van der Waals surface area contributed by atoms with E-state index < -0.39 is 36.9 Å². The summed E-state index contributed by atoms with van der Waals surface area (Å²) in [6, 6.07) is 1.98. The fourth-order valence-corrected chi connectivity index (χ4v) is 2.55. The highest BCUT2D eigenvalue weighted by Gasteiger charge is 2.34. The molecule has 0 unspecified atom stereocenters. The van der Waals surface area contributed by atoms with Gasteiger partial charge in [-0.2, -0.15) is 0 Å². The highest BCUT2D eigenvalue weighted by Crippen LogP contribution is 2.31. The van der Waals surface area contributed by atoms with Crippen molar-refractivity contribution in [2.24, 2.45) is 0 Å². The third-order valence-corrected chi connectivity index (χ3v) is 3.73. The summed E-state index contributed by atoms with van der Waals surface area (Å²) in [5.74, 6) is -1.90. The largest absolute Gasteiger partial charge is 0.573 e. The van der Waals surface area contributed by atoms with Crippen molar-refractivity contribution in [3.63, 3.8) is 0 Å². The van der Waals surface area contributed by atoms with Gasteiger partial charge in [0.25, 0.3) is 0 Å². The normalized spacial score (nSPS) is 15.7. The lowest BCUT2D eigenvalue weighted by Crippen LogP contribution is -2.49. The van der Waals surface area contributed by atoms with E-state index in [4.69, 9.17) is 4.74 Å². The molecule has 1 fully saturated rings. The number of aldehydes is 1. The predicted molar refractivity (Wildman–Crippen MR) is 84.1 cm³/mol. The molecule has 0 radical (unpaired) electrons. The first-order valence-corrected chi connectivity index (χ1v) is 8.18. The number of hydrogen-bond donors (Lipinski definition) is 0. The van der Waals surface area contributed by atoms with Crippen molar-refractivity contribution in [2.45, 2.75) is 19.3 Å². The lowest BCUT2D eigenvalue weighted by molar-refractivity contribution is -0.276. The molecule has 162 valence electrons. The molecule has 1 aliphatic rings. The zero-order valence-corrected chi connectivity index (χ0v) is 14.8. The van der Waals surface area contributed by atoms with Crippen LogP contribution in [0, 0.1) is 0 Å². The van der Waals surface area contributed by atoms with Crippen LogP contribution in [-0.4, -0.2) is 67.6 Å². The van der Waals surface area contributed by atoms with Crippen LogP contribution in [0.3, 0.4) is 0 Å². The van der Waals surface area contributed by atoms with Crippen molar-refractivity contribution in [1.82, 2.24) is 9.80 Å². The van der Waals surface area contributed by atoms with Crippen molar-refractivity contribution < 1.29 is 50.1 Å². The Kier molecular flexibility index (Phi) is 7.16. The van der Waals surface area contributed by atoms with Crippen molar-refractivity contribution in [3.05, 3.63) is 23.8 Å². The summed E-state index contributed by atoms with van der Waals surface area (Å²) in [5.41, 5.74) is -0.195. The smallest absolute Gasteiger partial charge is 0.445 e. The molecule has 7 nitrogen and oxygen atoms in total. The second-order valence-corrected chi connectivity index (χ2v) is 5.92. The maximum absolute atomic E-state index is 12.4. The summed E-state index contributed by atoms with van der Waals surface area (Å²) in [4.78, 5) is 25.6. The Morgan fingerprint density at radius 3 is 1.90 bits per heavy atom. The van der Waals surface area contributed by atoms with Crippen molar-refractivity contribution in [1.29, 1.82) is 0 Å². The SMILES string of the molecule is O=CCN1CCN(C(=O)OCc2cc(OC(F)(F)F)cc(OC(F)(F)F)c2)CC1. The van der Waals surface area contributed by atoms with Gasteiger partial charge in [0.15, 0.2) is 0 Å². The standard InChI is InChI=1S/C16H16F6N2O5/c17-15(18,19)28-12-7-11(8-13(9-12)29-16(20,21)22)10-27-14(26)24-3-1-23(2-4-24)5-6-25/h6-9H,1-5,10H2. The number of ether oxygens (including phenoxy) is 3. The number of halogens is 6. The van der Waals surface area contributed by atoms with E-state index in [1.807, 2.05) is 0 Å². The summed E-state index contributed by atoms with van der Waals surface area (Å²) in [6.07, 6.45) is -10.3. The lowest BCUT2D eigenvalue weighted by Gasteiger charge is -2.32. The van der Waals surface area contributed by atoms with Crippen molar-refractivity contribution in [3.8, 4) is 11.5 Å². The topological polar surface area (TPSA) is 68.3 Å². The van der Waals surface area contributed by atoms with E-state index in [0.717, 1.165) is 18.4 Å². The predicted octanol–water partition coefficient (Wildman–Crippen LogP) is 2.94. The monoisotopic (exact) mass is 430 g/mol. The summed E-state index contributed by atoms with van der Waals surface area (Å²) in [5, 5.41) is 0. The molecule has 0 bridgehead atoms. The Hall–Kier alpha value is -2.70. The first-order chi connectivity index (χ1) is 13.4. The van der Waals surface area contributed by atoms with Crippen LogP contribution in [0.15, 0.2) is 18.2 Å². The molecule has 13 heteroatoms. The first kappa shape index (κ1) is 22.6. The molecule has 1 aliphatic heterocycles. The minimum absolute atomic E-state index is 0.195. The van der Waals surface area contributed by atoms with Gasteiger partial charge < -0.3 is 23.9 Å². The molecule has 0 atom stereocenters. The van der Waals surface area contributed by atoms with Crippen LogP contribution in [0.5, 0.6) is 11.5 Å². The molecule has 1 heterocycles. The zero-order valence-electron chi connectivity index (χ0n) is 14.8. The van der Waals surface area contributed by atoms with Crippen LogP contribution in [0.2, 0.25) is 0 Å². The Morgan fingerprint density at radius 2 is 1.45 bits per heavy atom. The van der Waals surface area contributed by atoms with E-state index in [-0.39, 0.29) is 25.2 Å². The fraction of sp³-hybridized carbons (Fsp3) is 0.500. The average molecular weight is 430 g/mol. The fourth-order valence-electron chi connectivity index (χ4n) is 2.55. The second kappa shape index (κ2) is 9.20. The third kappa shape index (κ3) is 8.05. The molecular formula is C16H16F6N2O5. The van der Waals surface area contributed by atoms with Crippen LogP contribution in [-0.2, 0) is 16.1 Å². The second-order valence-electron chi connectivity index (χ2n) is 5.92. The molecule has 1 amide bonds. The molecule has 29 heavy (non-hydrogen) atoms. The maximum atomic E-state index is 12.4. The zero-order chi connectivity index (χ0) is 21.7. The van der Waals surface area contributed by atoms with Gasteiger partial charge in [-0.3, -0.25) is 4.90 Å². The number of carbonyl (C=O) groups excluding carboxylic acids is 2. The van der Waals surface area contributed by atoms with Gasteiger partial charge in [-0.15, -0.1) is 26.3 Å². The van der Waals surface area contributed by atoms with Crippen LogP contribution < -0.4 is 9.47 Å². The Balaban J connectivity index is 2.02. The Labute approximate surface area is 160 Å². The molecule has 0 aliphatic carbocycles. The van der Waals surface area contributed by atoms with E-state index in [2.05, 4.69) is 9.47 Å². The number of piperazine rings is 1. The molecule has 1 aromatic rings. The van der Waals surface area contributed by atoms with Gasteiger partial charge >= 0.3 is 18.8 Å². The van der Waals surface area contributed by atoms with E-state index in [1.54, 1.807) is 4.90 Å². The van der Waals surface area contributed by atoms with E-state index >= 15 is 0 Å².